The summed E-state index contributed by atoms with van der Waals surface area (Å²) >= 11 is 1.35. The normalized spacial score (nSPS) is 12.4. The van der Waals surface area contributed by atoms with Crippen molar-refractivity contribution in [2.24, 2.45) is 0 Å². The van der Waals surface area contributed by atoms with Crippen molar-refractivity contribution < 1.29 is 4.74 Å². The number of ether oxygens (including phenoxy) is 1. The molecule has 0 saturated heterocycles. The molecule has 1 heterocycles. The van der Waals surface area contributed by atoms with Crippen LogP contribution in [0.4, 0.5) is 5.13 Å². The van der Waals surface area contributed by atoms with Gasteiger partial charge in [-0.3, -0.25) is 0 Å². The van der Waals surface area contributed by atoms with Gasteiger partial charge in [0, 0.05) is 0 Å². The van der Waals surface area contributed by atoms with E-state index in [9.17, 15) is 0 Å². The van der Waals surface area contributed by atoms with Crippen LogP contribution in [0.1, 0.15) is 30.5 Å². The highest BCUT2D eigenvalue weighted by Gasteiger charge is 2.12. The molecule has 0 aliphatic rings. The first kappa shape index (κ1) is 11.9. The number of nitrogens with zero attached hydrogens (tertiary/aromatic N) is 2. The fraction of sp³-hybridized carbons (Fsp3) is 0.333. The van der Waals surface area contributed by atoms with Crippen LogP contribution in [0.3, 0.4) is 0 Å². The van der Waals surface area contributed by atoms with E-state index in [1.165, 1.54) is 16.9 Å². The minimum absolute atomic E-state index is 0.128. The number of rotatable bonds is 4. The molecule has 17 heavy (non-hydrogen) atoms. The molecule has 1 aromatic heterocycles. The van der Waals surface area contributed by atoms with Crippen molar-refractivity contribution in [1.82, 2.24) is 10.2 Å². The number of benzene rings is 1. The van der Waals surface area contributed by atoms with Crippen LogP contribution in [0.2, 0.25) is 0 Å². The maximum atomic E-state index is 5.77. The van der Waals surface area contributed by atoms with E-state index >= 15 is 0 Å². The first-order chi connectivity index (χ1) is 8.19. The molecule has 1 unspecified atom stereocenters. The van der Waals surface area contributed by atoms with E-state index < -0.39 is 0 Å². The summed E-state index contributed by atoms with van der Waals surface area (Å²) in [4.78, 5) is 0. The molecule has 0 bridgehead atoms. The van der Waals surface area contributed by atoms with Gasteiger partial charge in [0.25, 0.3) is 0 Å². The Morgan fingerprint density at radius 3 is 2.53 bits per heavy atom. The van der Waals surface area contributed by atoms with Gasteiger partial charge in [-0.2, -0.15) is 0 Å². The Morgan fingerprint density at radius 2 is 2.00 bits per heavy atom. The molecule has 0 aliphatic heterocycles. The first-order valence-electron chi connectivity index (χ1n) is 5.53. The topological polar surface area (TPSA) is 61.0 Å². The highest BCUT2D eigenvalue weighted by atomic mass is 32.1. The summed E-state index contributed by atoms with van der Waals surface area (Å²) in [7, 11) is 0. The van der Waals surface area contributed by atoms with Gasteiger partial charge >= 0.3 is 0 Å². The summed E-state index contributed by atoms with van der Waals surface area (Å²) in [5.41, 5.74) is 6.83. The zero-order chi connectivity index (χ0) is 12.3. The summed E-state index contributed by atoms with van der Waals surface area (Å²) in [5, 5.41) is 9.00. The van der Waals surface area contributed by atoms with E-state index in [0.29, 0.717) is 5.13 Å². The van der Waals surface area contributed by atoms with E-state index in [-0.39, 0.29) is 6.10 Å². The summed E-state index contributed by atoms with van der Waals surface area (Å²) in [6.07, 6.45) is 0.903. The van der Waals surface area contributed by atoms with Crippen molar-refractivity contribution in [2.45, 2.75) is 26.4 Å². The zero-order valence-corrected chi connectivity index (χ0v) is 10.7. The number of hydrogen-bond donors (Lipinski definition) is 1. The molecule has 1 atom stereocenters. The number of aryl methyl sites for hydroxylation is 1. The van der Waals surface area contributed by atoms with E-state index in [0.717, 1.165) is 17.2 Å². The van der Waals surface area contributed by atoms with E-state index in [2.05, 4.69) is 29.3 Å². The molecule has 90 valence electrons. The number of aromatic nitrogens is 2. The molecule has 0 amide bonds. The Morgan fingerprint density at radius 1 is 1.29 bits per heavy atom. The second-order valence-electron chi connectivity index (χ2n) is 3.74. The lowest BCUT2D eigenvalue weighted by Gasteiger charge is -2.11. The number of hydrogen-bond acceptors (Lipinski definition) is 5. The molecule has 0 spiro atoms. The Kier molecular flexibility index (Phi) is 3.58. The Hall–Kier alpha value is -1.62. The second kappa shape index (κ2) is 5.14. The molecular formula is C12H15N3OS. The molecule has 2 aromatic rings. The number of nitrogen functional groups attached to an aromatic ring is 1. The Bertz CT molecular complexity index is 481. The van der Waals surface area contributed by atoms with Gasteiger partial charge in [-0.1, -0.05) is 30.4 Å². The van der Waals surface area contributed by atoms with Gasteiger partial charge in [0.15, 0.2) is 5.01 Å². The highest BCUT2D eigenvalue weighted by molar-refractivity contribution is 7.15. The molecule has 1 aromatic carbocycles. The summed E-state index contributed by atoms with van der Waals surface area (Å²) in [5.74, 6) is 0.837. The molecule has 0 aliphatic carbocycles. The molecular weight excluding hydrogens is 234 g/mol. The van der Waals surface area contributed by atoms with Gasteiger partial charge in [-0.15, -0.1) is 10.2 Å². The lowest BCUT2D eigenvalue weighted by molar-refractivity contribution is 0.225. The SMILES string of the molecule is CCc1ccc(OC(C)c2nnc(N)s2)cc1. The predicted molar refractivity (Wildman–Crippen MR) is 69.2 cm³/mol. The third kappa shape index (κ3) is 2.94. The summed E-state index contributed by atoms with van der Waals surface area (Å²) < 4.78 is 5.77. The van der Waals surface area contributed by atoms with E-state index in [1.54, 1.807) is 0 Å². The van der Waals surface area contributed by atoms with Gasteiger partial charge in [-0.25, -0.2) is 0 Å². The minimum atomic E-state index is -0.128. The maximum Gasteiger partial charge on any atom is 0.203 e. The van der Waals surface area contributed by atoms with E-state index in [4.69, 9.17) is 10.5 Å². The third-order valence-electron chi connectivity index (χ3n) is 2.45. The van der Waals surface area contributed by atoms with Gasteiger partial charge in [0.1, 0.15) is 11.9 Å². The van der Waals surface area contributed by atoms with Crippen LogP contribution in [-0.4, -0.2) is 10.2 Å². The second-order valence-corrected chi connectivity index (χ2v) is 4.78. The zero-order valence-electron chi connectivity index (χ0n) is 9.88. The highest BCUT2D eigenvalue weighted by Crippen LogP contribution is 2.25. The van der Waals surface area contributed by atoms with Crippen molar-refractivity contribution in [3.8, 4) is 5.75 Å². The third-order valence-corrected chi connectivity index (χ3v) is 3.36. The van der Waals surface area contributed by atoms with Crippen LogP contribution < -0.4 is 10.5 Å². The van der Waals surface area contributed by atoms with Gasteiger partial charge in [0.2, 0.25) is 5.13 Å². The molecule has 0 saturated carbocycles. The van der Waals surface area contributed by atoms with Crippen LogP contribution in [0.15, 0.2) is 24.3 Å². The van der Waals surface area contributed by atoms with Crippen molar-refractivity contribution in [1.29, 1.82) is 0 Å². The minimum Gasteiger partial charge on any atom is -0.483 e. The summed E-state index contributed by atoms with van der Waals surface area (Å²) in [6, 6.07) is 8.08. The number of anilines is 1. The van der Waals surface area contributed by atoms with Gasteiger partial charge < -0.3 is 10.5 Å². The monoisotopic (exact) mass is 249 g/mol. The lowest BCUT2D eigenvalue weighted by atomic mass is 10.2. The molecule has 2 N–H and O–H groups in total. The smallest absolute Gasteiger partial charge is 0.203 e. The van der Waals surface area contributed by atoms with Crippen LogP contribution in [0.5, 0.6) is 5.75 Å². The van der Waals surface area contributed by atoms with Crippen LogP contribution >= 0.6 is 11.3 Å². The van der Waals surface area contributed by atoms with Crippen molar-refractivity contribution >= 4 is 16.5 Å². The van der Waals surface area contributed by atoms with Crippen molar-refractivity contribution in [3.05, 3.63) is 34.8 Å². The summed E-state index contributed by atoms with van der Waals surface area (Å²) in [6.45, 7) is 4.07. The van der Waals surface area contributed by atoms with Crippen molar-refractivity contribution in [2.75, 3.05) is 5.73 Å². The van der Waals surface area contributed by atoms with Crippen LogP contribution in [-0.2, 0) is 6.42 Å². The van der Waals surface area contributed by atoms with Crippen LogP contribution in [0, 0.1) is 0 Å². The average molecular weight is 249 g/mol. The van der Waals surface area contributed by atoms with Crippen molar-refractivity contribution in [3.63, 3.8) is 0 Å². The Labute approximate surface area is 104 Å². The van der Waals surface area contributed by atoms with Gasteiger partial charge in [0.05, 0.1) is 0 Å². The largest absolute Gasteiger partial charge is 0.483 e. The predicted octanol–water partition coefficient (Wildman–Crippen LogP) is 2.82. The molecule has 0 fully saturated rings. The average Bonchev–Trinajstić information content (AvgIpc) is 2.77. The quantitative estimate of drug-likeness (QED) is 0.905. The molecule has 0 radical (unpaired) electrons. The standard InChI is InChI=1S/C12H15N3OS/c1-3-9-4-6-10(7-5-9)16-8(2)11-14-15-12(13)17-11/h4-8H,3H2,1-2H3,(H2,13,15). The van der Waals surface area contributed by atoms with Gasteiger partial charge in [-0.05, 0) is 31.0 Å². The molecule has 4 nitrogen and oxygen atoms in total. The maximum absolute atomic E-state index is 5.77. The lowest BCUT2D eigenvalue weighted by Crippen LogP contribution is -2.02. The fourth-order valence-corrected chi connectivity index (χ4v) is 2.06. The molecule has 5 heteroatoms. The number of nitrogens with two attached hydrogens (primary N) is 1. The van der Waals surface area contributed by atoms with Crippen LogP contribution in [0.25, 0.3) is 0 Å². The fourth-order valence-electron chi connectivity index (χ4n) is 1.47. The van der Waals surface area contributed by atoms with E-state index in [1.807, 2.05) is 19.1 Å². The first-order valence-corrected chi connectivity index (χ1v) is 6.35. The Balaban J connectivity index is 2.04. The molecule has 2 rings (SSSR count).